The molecule has 6 heteroatoms. The fraction of sp³-hybridized carbons (Fsp3) is 0.143. The predicted octanol–water partition coefficient (Wildman–Crippen LogP) is 7.18. The summed E-state index contributed by atoms with van der Waals surface area (Å²) in [5.74, 6) is 1.26. The first-order valence-electron chi connectivity index (χ1n) is 10.5. The zero-order valence-electron chi connectivity index (χ0n) is 18.2. The Labute approximate surface area is 193 Å². The Balaban J connectivity index is 1.60. The second kappa shape index (κ2) is 10.1. The number of hydrogen-bond donors (Lipinski definition) is 0. The quantitative estimate of drug-likeness (QED) is 0.172. The third kappa shape index (κ3) is 5.11. The SMILES string of the molecule is COCCCc1cc(F)c(-c2ccc(C#Cc3ccc4cc(F)c(F)cc4c3)c(F)c2)c(F)c1. The van der Waals surface area contributed by atoms with Crippen LogP contribution in [0.1, 0.15) is 23.1 Å². The van der Waals surface area contributed by atoms with Crippen LogP contribution in [-0.2, 0) is 11.2 Å². The van der Waals surface area contributed by atoms with E-state index < -0.39 is 29.1 Å². The van der Waals surface area contributed by atoms with Crippen molar-refractivity contribution in [1.29, 1.82) is 0 Å². The first kappa shape index (κ1) is 23.5. The van der Waals surface area contributed by atoms with Crippen LogP contribution < -0.4 is 0 Å². The molecule has 0 heterocycles. The minimum atomic E-state index is -0.971. The molecule has 0 aliphatic rings. The van der Waals surface area contributed by atoms with Gasteiger partial charge >= 0.3 is 0 Å². The summed E-state index contributed by atoms with van der Waals surface area (Å²) >= 11 is 0. The number of rotatable bonds is 5. The number of ether oxygens (including phenoxy) is 1. The average Bonchev–Trinajstić information content (AvgIpc) is 2.79. The summed E-state index contributed by atoms with van der Waals surface area (Å²) in [4.78, 5) is 0. The van der Waals surface area contributed by atoms with Crippen molar-refractivity contribution in [2.24, 2.45) is 0 Å². The van der Waals surface area contributed by atoms with Gasteiger partial charge in [0.1, 0.15) is 17.5 Å². The molecule has 4 rings (SSSR count). The molecule has 0 radical (unpaired) electrons. The Morgan fingerprint density at radius 2 is 1.38 bits per heavy atom. The van der Waals surface area contributed by atoms with Crippen molar-refractivity contribution in [2.45, 2.75) is 12.8 Å². The summed E-state index contributed by atoms with van der Waals surface area (Å²) in [6.07, 6.45) is 1.08. The Morgan fingerprint density at radius 1 is 0.676 bits per heavy atom. The topological polar surface area (TPSA) is 9.23 Å². The lowest BCUT2D eigenvalue weighted by Crippen LogP contribution is -1.98. The average molecular weight is 466 g/mol. The minimum absolute atomic E-state index is 0.0335. The van der Waals surface area contributed by atoms with E-state index in [1.807, 2.05) is 0 Å². The highest BCUT2D eigenvalue weighted by molar-refractivity contribution is 5.84. The maximum absolute atomic E-state index is 14.7. The Hall–Kier alpha value is -3.69. The fourth-order valence-electron chi connectivity index (χ4n) is 3.70. The molecule has 0 spiro atoms. The molecule has 0 saturated heterocycles. The zero-order chi connectivity index (χ0) is 24.2. The summed E-state index contributed by atoms with van der Waals surface area (Å²) in [5.41, 5.74) is 0.758. The molecule has 0 fully saturated rings. The third-order valence-electron chi connectivity index (χ3n) is 5.39. The van der Waals surface area contributed by atoms with Crippen LogP contribution in [0.5, 0.6) is 0 Å². The molecule has 0 amide bonds. The van der Waals surface area contributed by atoms with Gasteiger partial charge in [-0.1, -0.05) is 24.0 Å². The maximum atomic E-state index is 14.7. The molecular weight excluding hydrogens is 447 g/mol. The molecule has 0 N–H and O–H groups in total. The molecule has 0 aliphatic heterocycles. The van der Waals surface area contributed by atoms with Crippen LogP contribution in [0.15, 0.2) is 60.7 Å². The van der Waals surface area contributed by atoms with Gasteiger partial charge in [0.25, 0.3) is 0 Å². The van der Waals surface area contributed by atoms with Crippen molar-refractivity contribution < 1.29 is 26.7 Å². The van der Waals surface area contributed by atoms with Gasteiger partial charge in [0.15, 0.2) is 11.6 Å². The number of halogens is 5. The largest absolute Gasteiger partial charge is 0.385 e. The van der Waals surface area contributed by atoms with Gasteiger partial charge < -0.3 is 4.74 Å². The summed E-state index contributed by atoms with van der Waals surface area (Å²) in [7, 11) is 1.55. The van der Waals surface area contributed by atoms with E-state index in [0.717, 1.165) is 18.2 Å². The predicted molar refractivity (Wildman–Crippen MR) is 122 cm³/mol. The highest BCUT2D eigenvalue weighted by Gasteiger charge is 2.15. The van der Waals surface area contributed by atoms with Crippen molar-refractivity contribution in [3.63, 3.8) is 0 Å². The highest BCUT2D eigenvalue weighted by Crippen LogP contribution is 2.29. The third-order valence-corrected chi connectivity index (χ3v) is 5.39. The Morgan fingerprint density at radius 3 is 2.06 bits per heavy atom. The van der Waals surface area contributed by atoms with Gasteiger partial charge in [-0.2, -0.15) is 0 Å². The Kier molecular flexibility index (Phi) is 6.95. The number of fused-ring (bicyclic) bond motifs is 1. The van der Waals surface area contributed by atoms with Crippen LogP contribution in [0.2, 0.25) is 0 Å². The van der Waals surface area contributed by atoms with E-state index in [0.29, 0.717) is 41.3 Å². The van der Waals surface area contributed by atoms with Crippen molar-refractivity contribution in [3.8, 4) is 23.0 Å². The van der Waals surface area contributed by atoms with Crippen molar-refractivity contribution >= 4 is 10.8 Å². The van der Waals surface area contributed by atoms with Crippen LogP contribution in [0.25, 0.3) is 21.9 Å². The molecule has 0 saturated carbocycles. The van der Waals surface area contributed by atoms with Gasteiger partial charge in [0.05, 0.1) is 11.1 Å². The van der Waals surface area contributed by atoms with E-state index in [2.05, 4.69) is 11.8 Å². The van der Waals surface area contributed by atoms with E-state index in [-0.39, 0.29) is 16.7 Å². The van der Waals surface area contributed by atoms with Gasteiger partial charge in [0.2, 0.25) is 0 Å². The lowest BCUT2D eigenvalue weighted by Gasteiger charge is -2.09. The normalized spacial score (nSPS) is 10.9. The molecule has 4 aromatic carbocycles. The van der Waals surface area contributed by atoms with Crippen LogP contribution in [0, 0.1) is 40.9 Å². The molecule has 1 nitrogen and oxygen atoms in total. The molecule has 0 aromatic heterocycles. The first-order chi connectivity index (χ1) is 16.4. The van der Waals surface area contributed by atoms with Gasteiger partial charge in [-0.3, -0.25) is 0 Å². The zero-order valence-corrected chi connectivity index (χ0v) is 18.2. The smallest absolute Gasteiger partial charge is 0.159 e. The van der Waals surface area contributed by atoms with Crippen molar-refractivity contribution in [1.82, 2.24) is 0 Å². The van der Waals surface area contributed by atoms with E-state index >= 15 is 0 Å². The maximum Gasteiger partial charge on any atom is 0.159 e. The molecule has 0 unspecified atom stereocenters. The monoisotopic (exact) mass is 466 g/mol. The number of aryl methyl sites for hydroxylation is 1. The number of benzene rings is 4. The first-order valence-corrected chi connectivity index (χ1v) is 10.5. The summed E-state index contributed by atoms with van der Waals surface area (Å²) in [5, 5.41) is 0.965. The van der Waals surface area contributed by atoms with E-state index in [1.54, 1.807) is 25.3 Å². The minimum Gasteiger partial charge on any atom is -0.385 e. The lowest BCUT2D eigenvalue weighted by molar-refractivity contribution is 0.195. The number of methoxy groups -OCH3 is 1. The van der Waals surface area contributed by atoms with Crippen molar-refractivity contribution in [2.75, 3.05) is 13.7 Å². The summed E-state index contributed by atoms with van der Waals surface area (Å²) < 4.78 is 75.7. The Bertz CT molecular complexity index is 1410. The van der Waals surface area contributed by atoms with E-state index in [4.69, 9.17) is 4.74 Å². The van der Waals surface area contributed by atoms with Gasteiger partial charge in [0, 0.05) is 19.3 Å². The molecule has 4 aromatic rings. The molecule has 172 valence electrons. The standard InChI is InChI=1S/C28H19F5O/c1-34-10-2-3-18-12-26(32)28(27(33)13-18)21-9-8-19(23(29)15-21)6-4-17-5-7-20-14-24(30)25(31)16-22(20)11-17/h5,7-9,11-16H,2-3,10H2,1H3. The van der Waals surface area contributed by atoms with Crippen molar-refractivity contribution in [3.05, 3.63) is 106 Å². The van der Waals surface area contributed by atoms with Gasteiger partial charge in [-0.15, -0.1) is 0 Å². The molecule has 0 atom stereocenters. The molecule has 0 bridgehead atoms. The molecular formula is C28H19F5O. The summed E-state index contributed by atoms with van der Waals surface area (Å²) in [6, 6.07) is 13.2. The van der Waals surface area contributed by atoms with Crippen LogP contribution in [-0.4, -0.2) is 13.7 Å². The van der Waals surface area contributed by atoms with E-state index in [1.165, 1.54) is 24.3 Å². The lowest BCUT2D eigenvalue weighted by atomic mass is 9.99. The molecule has 0 aliphatic carbocycles. The van der Waals surface area contributed by atoms with Gasteiger partial charge in [-0.05, 0) is 83.3 Å². The van der Waals surface area contributed by atoms with Crippen LogP contribution in [0.3, 0.4) is 0 Å². The van der Waals surface area contributed by atoms with Gasteiger partial charge in [-0.25, -0.2) is 22.0 Å². The molecule has 34 heavy (non-hydrogen) atoms. The fourth-order valence-corrected chi connectivity index (χ4v) is 3.70. The van der Waals surface area contributed by atoms with Crippen LogP contribution in [0.4, 0.5) is 22.0 Å². The second-order valence-electron chi connectivity index (χ2n) is 7.80. The number of hydrogen-bond acceptors (Lipinski definition) is 1. The van der Waals surface area contributed by atoms with E-state index in [9.17, 15) is 22.0 Å². The second-order valence-corrected chi connectivity index (χ2v) is 7.80. The van der Waals surface area contributed by atoms with Crippen LogP contribution >= 0.6 is 0 Å². The highest BCUT2D eigenvalue weighted by atomic mass is 19.2. The summed E-state index contributed by atoms with van der Waals surface area (Å²) in [6.45, 7) is 0.480.